The highest BCUT2D eigenvalue weighted by atomic mass is 16.5. The minimum atomic E-state index is -0.856. The van der Waals surface area contributed by atoms with Crippen molar-refractivity contribution in [3.05, 3.63) is 72.1 Å². The van der Waals surface area contributed by atoms with Gasteiger partial charge in [0, 0.05) is 18.1 Å². The standard InChI is InChI=1S/C23H23N3O4/c1-28-20-13-17(14-21(29-2)23(20)30-3)19(15-24)25-22(27)12-16-6-8-18(9-7-16)26-10-4-5-11-26/h4-11,13-14,19H,12H2,1-3H3,(H,25,27). The van der Waals surface area contributed by atoms with Crippen LogP contribution in [0.1, 0.15) is 17.2 Å². The second-order valence-electron chi connectivity index (χ2n) is 6.52. The summed E-state index contributed by atoms with van der Waals surface area (Å²) in [6.45, 7) is 0. The molecule has 0 aliphatic carbocycles. The van der Waals surface area contributed by atoms with E-state index in [0.29, 0.717) is 22.8 Å². The molecule has 1 heterocycles. The number of nitrogens with one attached hydrogen (secondary N) is 1. The third-order valence-electron chi connectivity index (χ3n) is 4.66. The Morgan fingerprint density at radius 3 is 2.13 bits per heavy atom. The van der Waals surface area contributed by atoms with Crippen molar-refractivity contribution >= 4 is 5.91 Å². The Labute approximate surface area is 175 Å². The summed E-state index contributed by atoms with van der Waals surface area (Å²) in [5.74, 6) is 1.00. The van der Waals surface area contributed by atoms with Crippen molar-refractivity contribution in [3.63, 3.8) is 0 Å². The summed E-state index contributed by atoms with van der Waals surface area (Å²) in [6.07, 6.45) is 4.07. The molecule has 3 rings (SSSR count). The fourth-order valence-corrected chi connectivity index (χ4v) is 3.15. The third kappa shape index (κ3) is 4.55. The van der Waals surface area contributed by atoms with E-state index in [2.05, 4.69) is 11.4 Å². The average Bonchev–Trinajstić information content (AvgIpc) is 3.31. The number of nitrogens with zero attached hydrogens (tertiary/aromatic N) is 2. The van der Waals surface area contributed by atoms with Gasteiger partial charge in [-0.25, -0.2) is 0 Å². The first-order valence-corrected chi connectivity index (χ1v) is 9.30. The number of aromatic nitrogens is 1. The molecule has 1 unspecified atom stereocenters. The van der Waals surface area contributed by atoms with Crippen LogP contribution in [0, 0.1) is 11.3 Å². The molecule has 3 aromatic rings. The van der Waals surface area contributed by atoms with Crippen LogP contribution in [0.4, 0.5) is 0 Å². The monoisotopic (exact) mass is 405 g/mol. The van der Waals surface area contributed by atoms with Crippen molar-refractivity contribution in [2.24, 2.45) is 0 Å². The molecule has 0 spiro atoms. The number of benzene rings is 2. The first kappa shape index (κ1) is 20.8. The highest BCUT2D eigenvalue weighted by Gasteiger charge is 2.20. The lowest BCUT2D eigenvalue weighted by Gasteiger charge is -2.17. The van der Waals surface area contributed by atoms with Gasteiger partial charge in [0.1, 0.15) is 6.04 Å². The summed E-state index contributed by atoms with van der Waals surface area (Å²) in [7, 11) is 4.50. The minimum Gasteiger partial charge on any atom is -0.493 e. The van der Waals surface area contributed by atoms with E-state index in [9.17, 15) is 10.1 Å². The van der Waals surface area contributed by atoms with Crippen LogP contribution in [0.15, 0.2) is 60.9 Å². The van der Waals surface area contributed by atoms with E-state index in [-0.39, 0.29) is 12.3 Å². The molecule has 1 atom stereocenters. The summed E-state index contributed by atoms with van der Waals surface area (Å²) in [6, 6.07) is 16.2. The highest BCUT2D eigenvalue weighted by Crippen LogP contribution is 2.39. The maximum atomic E-state index is 12.5. The van der Waals surface area contributed by atoms with Crippen molar-refractivity contribution in [3.8, 4) is 29.0 Å². The predicted molar refractivity (Wildman–Crippen MR) is 112 cm³/mol. The Morgan fingerprint density at radius 1 is 1.03 bits per heavy atom. The van der Waals surface area contributed by atoms with E-state index in [1.54, 1.807) is 12.1 Å². The molecule has 1 amide bonds. The van der Waals surface area contributed by atoms with E-state index >= 15 is 0 Å². The summed E-state index contributed by atoms with van der Waals surface area (Å²) < 4.78 is 17.9. The summed E-state index contributed by atoms with van der Waals surface area (Å²) in [5.41, 5.74) is 2.41. The normalized spacial score (nSPS) is 11.3. The Kier molecular flexibility index (Phi) is 6.60. The number of amides is 1. The molecule has 7 heteroatoms. The smallest absolute Gasteiger partial charge is 0.225 e. The lowest BCUT2D eigenvalue weighted by atomic mass is 10.1. The second kappa shape index (κ2) is 9.52. The number of methoxy groups -OCH3 is 3. The Morgan fingerprint density at radius 2 is 1.63 bits per heavy atom. The average molecular weight is 405 g/mol. The Bertz CT molecular complexity index is 1010. The molecule has 0 radical (unpaired) electrons. The van der Waals surface area contributed by atoms with Gasteiger partial charge in [0.15, 0.2) is 11.5 Å². The van der Waals surface area contributed by atoms with E-state index in [1.165, 1.54) is 21.3 Å². The Balaban J connectivity index is 1.73. The molecule has 0 saturated carbocycles. The molecular formula is C23H23N3O4. The molecule has 154 valence electrons. The van der Waals surface area contributed by atoms with Gasteiger partial charge in [-0.3, -0.25) is 4.79 Å². The molecular weight excluding hydrogens is 382 g/mol. The lowest BCUT2D eigenvalue weighted by Crippen LogP contribution is -2.29. The van der Waals surface area contributed by atoms with Crippen LogP contribution in [0.25, 0.3) is 5.69 Å². The molecule has 0 aliphatic heterocycles. The molecule has 1 aromatic heterocycles. The number of hydrogen-bond acceptors (Lipinski definition) is 5. The number of nitriles is 1. The van der Waals surface area contributed by atoms with Gasteiger partial charge < -0.3 is 24.1 Å². The fourth-order valence-electron chi connectivity index (χ4n) is 3.15. The largest absolute Gasteiger partial charge is 0.493 e. The van der Waals surface area contributed by atoms with Crippen molar-refractivity contribution in [2.75, 3.05) is 21.3 Å². The number of hydrogen-bond donors (Lipinski definition) is 1. The van der Waals surface area contributed by atoms with E-state index in [1.807, 2.05) is 53.4 Å². The third-order valence-corrected chi connectivity index (χ3v) is 4.66. The number of ether oxygens (including phenoxy) is 3. The quantitative estimate of drug-likeness (QED) is 0.621. The molecule has 1 N–H and O–H groups in total. The Hall–Kier alpha value is -3.92. The zero-order valence-corrected chi connectivity index (χ0v) is 17.1. The van der Waals surface area contributed by atoms with Crippen LogP contribution in [0.3, 0.4) is 0 Å². The van der Waals surface area contributed by atoms with Crippen LogP contribution in [-0.4, -0.2) is 31.8 Å². The molecule has 0 saturated heterocycles. The van der Waals surface area contributed by atoms with Crippen LogP contribution < -0.4 is 19.5 Å². The summed E-state index contributed by atoms with van der Waals surface area (Å²) in [4.78, 5) is 12.5. The van der Waals surface area contributed by atoms with Crippen molar-refractivity contribution in [2.45, 2.75) is 12.5 Å². The van der Waals surface area contributed by atoms with Crippen molar-refractivity contribution in [1.82, 2.24) is 9.88 Å². The highest BCUT2D eigenvalue weighted by molar-refractivity contribution is 5.79. The van der Waals surface area contributed by atoms with Crippen LogP contribution >= 0.6 is 0 Å². The first-order chi connectivity index (χ1) is 14.6. The number of rotatable bonds is 8. The SMILES string of the molecule is COc1cc(C(C#N)NC(=O)Cc2ccc(-n3cccc3)cc2)cc(OC)c1OC. The van der Waals surface area contributed by atoms with E-state index in [0.717, 1.165) is 11.3 Å². The van der Waals surface area contributed by atoms with Gasteiger partial charge in [-0.2, -0.15) is 5.26 Å². The van der Waals surface area contributed by atoms with Gasteiger partial charge >= 0.3 is 0 Å². The van der Waals surface area contributed by atoms with Gasteiger partial charge in [0.2, 0.25) is 11.7 Å². The molecule has 0 bridgehead atoms. The fraction of sp³-hybridized carbons (Fsp3) is 0.217. The lowest BCUT2D eigenvalue weighted by molar-refractivity contribution is -0.120. The second-order valence-corrected chi connectivity index (χ2v) is 6.52. The summed E-state index contributed by atoms with van der Waals surface area (Å²) in [5, 5.41) is 12.4. The summed E-state index contributed by atoms with van der Waals surface area (Å²) >= 11 is 0. The zero-order chi connectivity index (χ0) is 21.5. The maximum absolute atomic E-state index is 12.5. The molecule has 0 aliphatic rings. The predicted octanol–water partition coefficient (Wildman–Crippen LogP) is 3.43. The van der Waals surface area contributed by atoms with E-state index < -0.39 is 6.04 Å². The topological polar surface area (TPSA) is 85.5 Å². The maximum Gasteiger partial charge on any atom is 0.225 e. The van der Waals surface area contributed by atoms with Gasteiger partial charge in [-0.05, 0) is 47.5 Å². The van der Waals surface area contributed by atoms with E-state index in [4.69, 9.17) is 14.2 Å². The molecule has 30 heavy (non-hydrogen) atoms. The van der Waals surface area contributed by atoms with Crippen LogP contribution in [0.2, 0.25) is 0 Å². The van der Waals surface area contributed by atoms with Gasteiger partial charge in [-0.15, -0.1) is 0 Å². The number of carbonyl (C=O) groups excluding carboxylic acids is 1. The van der Waals surface area contributed by atoms with Crippen LogP contribution in [0.5, 0.6) is 17.2 Å². The molecule has 0 fully saturated rings. The molecule has 2 aromatic carbocycles. The van der Waals surface area contributed by atoms with Gasteiger partial charge in [-0.1, -0.05) is 12.1 Å². The van der Waals surface area contributed by atoms with Gasteiger partial charge in [0.05, 0.1) is 33.8 Å². The van der Waals surface area contributed by atoms with Crippen LogP contribution in [-0.2, 0) is 11.2 Å². The van der Waals surface area contributed by atoms with Crippen molar-refractivity contribution < 1.29 is 19.0 Å². The minimum absolute atomic E-state index is 0.161. The zero-order valence-electron chi connectivity index (χ0n) is 17.1. The first-order valence-electron chi connectivity index (χ1n) is 9.30. The molecule has 7 nitrogen and oxygen atoms in total. The number of carbonyl (C=O) groups is 1. The van der Waals surface area contributed by atoms with Gasteiger partial charge in [0.25, 0.3) is 0 Å². The van der Waals surface area contributed by atoms with Crippen molar-refractivity contribution in [1.29, 1.82) is 5.26 Å².